The average Bonchev–Trinajstić information content (AvgIpc) is 3.35. The number of oxime groups is 1. The first-order chi connectivity index (χ1) is 17.5. The van der Waals surface area contributed by atoms with Crippen LogP contribution in [0.2, 0.25) is 0 Å². The van der Waals surface area contributed by atoms with E-state index in [1.807, 2.05) is 42.5 Å². The van der Waals surface area contributed by atoms with Crippen LogP contribution in [0.4, 0.5) is 0 Å². The van der Waals surface area contributed by atoms with Gasteiger partial charge in [0, 0.05) is 30.9 Å². The lowest BCUT2D eigenvalue weighted by atomic mass is 10.0. The number of pyridine rings is 1. The Kier molecular flexibility index (Phi) is 8.25. The third kappa shape index (κ3) is 6.25. The molecule has 1 unspecified atom stereocenters. The summed E-state index contributed by atoms with van der Waals surface area (Å²) < 4.78 is 5.53. The smallest absolute Gasteiger partial charge is 0.254 e. The maximum Gasteiger partial charge on any atom is 0.254 e. The maximum absolute atomic E-state index is 13.3. The molecule has 3 aromatic rings. The molecule has 1 fully saturated rings. The second kappa shape index (κ2) is 11.9. The van der Waals surface area contributed by atoms with Crippen molar-refractivity contribution in [3.8, 4) is 16.9 Å². The molecule has 36 heavy (non-hydrogen) atoms. The van der Waals surface area contributed by atoms with E-state index >= 15 is 0 Å². The number of likely N-dealkylation sites (tertiary alicyclic amines) is 1. The number of carbonyl (C=O) groups is 2. The fraction of sp³-hybridized carbons (Fsp3) is 0.259. The standard InChI is InChI=1S/C27H28N4O5/c1-35-30-22-14-25(26(33)29-16-23(32)18-36-24-7-3-2-4-8-24)31(17-22)27(34)20-11-9-19(10-12-20)21-6-5-13-28-15-21/h2-13,15,23,25,32H,14,16-18H2,1H3,(H,29,33)/b30-22-/t23-,25?/m0/s1. The van der Waals surface area contributed by atoms with Crippen molar-refractivity contribution in [2.24, 2.45) is 5.16 Å². The zero-order chi connectivity index (χ0) is 25.3. The molecule has 186 valence electrons. The quantitative estimate of drug-likeness (QED) is 0.448. The minimum Gasteiger partial charge on any atom is -0.491 e. The minimum atomic E-state index is -0.910. The van der Waals surface area contributed by atoms with Crippen molar-refractivity contribution in [3.63, 3.8) is 0 Å². The van der Waals surface area contributed by atoms with Crippen LogP contribution < -0.4 is 10.1 Å². The van der Waals surface area contributed by atoms with Gasteiger partial charge in [-0.2, -0.15) is 0 Å². The number of carbonyl (C=O) groups excluding carboxylic acids is 2. The Morgan fingerprint density at radius 2 is 1.89 bits per heavy atom. The van der Waals surface area contributed by atoms with Crippen LogP contribution in [0.15, 0.2) is 84.3 Å². The number of aliphatic hydroxyl groups is 1. The van der Waals surface area contributed by atoms with E-state index in [4.69, 9.17) is 9.57 Å². The van der Waals surface area contributed by atoms with E-state index in [1.54, 1.807) is 36.7 Å². The summed E-state index contributed by atoms with van der Waals surface area (Å²) in [6.45, 7) is 0.187. The first kappa shape index (κ1) is 24.9. The number of hydrogen-bond donors (Lipinski definition) is 2. The number of ether oxygens (including phenoxy) is 1. The van der Waals surface area contributed by atoms with Crippen molar-refractivity contribution < 1.29 is 24.3 Å². The monoisotopic (exact) mass is 488 g/mol. The van der Waals surface area contributed by atoms with Crippen molar-refractivity contribution in [2.45, 2.75) is 18.6 Å². The highest BCUT2D eigenvalue weighted by Crippen LogP contribution is 2.23. The summed E-state index contributed by atoms with van der Waals surface area (Å²) in [6, 6.07) is 19.3. The Bertz CT molecular complexity index is 1190. The second-order valence-electron chi connectivity index (χ2n) is 8.34. The number of benzene rings is 2. The fourth-order valence-electron chi connectivity index (χ4n) is 3.96. The second-order valence-corrected chi connectivity index (χ2v) is 8.34. The van der Waals surface area contributed by atoms with Gasteiger partial charge in [0.05, 0.1) is 12.3 Å². The van der Waals surface area contributed by atoms with Crippen LogP contribution in [0.3, 0.4) is 0 Å². The Morgan fingerprint density at radius 1 is 1.11 bits per heavy atom. The number of para-hydroxylation sites is 1. The van der Waals surface area contributed by atoms with Crippen molar-refractivity contribution in [3.05, 3.63) is 84.7 Å². The van der Waals surface area contributed by atoms with Crippen molar-refractivity contribution in [1.82, 2.24) is 15.2 Å². The van der Waals surface area contributed by atoms with Gasteiger partial charge in [0.2, 0.25) is 5.91 Å². The fourth-order valence-corrected chi connectivity index (χ4v) is 3.96. The molecule has 4 rings (SSSR count). The predicted octanol–water partition coefficient (Wildman–Crippen LogP) is 2.52. The third-order valence-corrected chi connectivity index (χ3v) is 5.77. The van der Waals surface area contributed by atoms with E-state index in [0.717, 1.165) is 11.1 Å². The summed E-state index contributed by atoms with van der Waals surface area (Å²) >= 11 is 0. The predicted molar refractivity (Wildman–Crippen MR) is 135 cm³/mol. The van der Waals surface area contributed by atoms with E-state index in [9.17, 15) is 14.7 Å². The van der Waals surface area contributed by atoms with Crippen LogP contribution in [0, 0.1) is 0 Å². The molecule has 9 nitrogen and oxygen atoms in total. The maximum atomic E-state index is 13.3. The molecular formula is C27H28N4O5. The lowest BCUT2D eigenvalue weighted by Crippen LogP contribution is -2.48. The number of nitrogens with zero attached hydrogens (tertiary/aromatic N) is 3. The molecule has 9 heteroatoms. The van der Waals surface area contributed by atoms with E-state index in [2.05, 4.69) is 15.5 Å². The van der Waals surface area contributed by atoms with E-state index < -0.39 is 12.1 Å². The van der Waals surface area contributed by atoms with Gasteiger partial charge in [0.25, 0.3) is 5.91 Å². The SMILES string of the molecule is CO/N=C1/CC(C(=O)NC[C@H](O)COc2ccccc2)N(C(=O)c2ccc(-c3cccnc3)cc2)C1. The molecule has 2 atom stereocenters. The summed E-state index contributed by atoms with van der Waals surface area (Å²) in [5.74, 6) is -0.0389. The lowest BCUT2D eigenvalue weighted by molar-refractivity contribution is -0.125. The van der Waals surface area contributed by atoms with Gasteiger partial charge < -0.3 is 24.9 Å². The molecule has 2 heterocycles. The first-order valence-electron chi connectivity index (χ1n) is 11.6. The molecule has 1 aromatic heterocycles. The molecule has 0 saturated carbocycles. The summed E-state index contributed by atoms with van der Waals surface area (Å²) in [6.07, 6.45) is 2.79. The molecule has 2 amide bonds. The first-order valence-corrected chi connectivity index (χ1v) is 11.6. The number of amides is 2. The number of rotatable bonds is 9. The number of hydrogen-bond acceptors (Lipinski definition) is 7. The number of aromatic nitrogens is 1. The Balaban J connectivity index is 1.39. The van der Waals surface area contributed by atoms with Crippen LogP contribution in [-0.4, -0.2) is 71.5 Å². The lowest BCUT2D eigenvalue weighted by Gasteiger charge is -2.24. The van der Waals surface area contributed by atoms with Crippen LogP contribution in [0.5, 0.6) is 5.75 Å². The van der Waals surface area contributed by atoms with Gasteiger partial charge >= 0.3 is 0 Å². The van der Waals surface area contributed by atoms with Crippen LogP contribution >= 0.6 is 0 Å². The molecule has 0 bridgehead atoms. The minimum absolute atomic E-state index is 0.0131. The average molecular weight is 489 g/mol. The Hall–Kier alpha value is -4.24. The van der Waals surface area contributed by atoms with Crippen LogP contribution in [-0.2, 0) is 9.63 Å². The summed E-state index contributed by atoms with van der Waals surface area (Å²) in [7, 11) is 1.42. The molecule has 0 spiro atoms. The molecular weight excluding hydrogens is 460 g/mol. The third-order valence-electron chi connectivity index (χ3n) is 5.77. The zero-order valence-electron chi connectivity index (χ0n) is 19.9. The zero-order valence-corrected chi connectivity index (χ0v) is 19.9. The topological polar surface area (TPSA) is 113 Å². The van der Waals surface area contributed by atoms with Gasteiger partial charge in [-0.1, -0.05) is 41.6 Å². The van der Waals surface area contributed by atoms with Crippen molar-refractivity contribution in [1.29, 1.82) is 0 Å². The van der Waals surface area contributed by atoms with Crippen molar-refractivity contribution in [2.75, 3.05) is 26.8 Å². The molecule has 0 radical (unpaired) electrons. The van der Waals surface area contributed by atoms with Gasteiger partial charge in [-0.15, -0.1) is 0 Å². The van der Waals surface area contributed by atoms with Crippen LogP contribution in [0.25, 0.3) is 11.1 Å². The van der Waals surface area contributed by atoms with Crippen molar-refractivity contribution >= 4 is 17.5 Å². The van der Waals surface area contributed by atoms with E-state index in [1.165, 1.54) is 12.0 Å². The molecule has 1 saturated heterocycles. The highest BCUT2D eigenvalue weighted by atomic mass is 16.6. The molecule has 0 aliphatic carbocycles. The van der Waals surface area contributed by atoms with Gasteiger partial charge in [0.1, 0.15) is 31.6 Å². The summed E-state index contributed by atoms with van der Waals surface area (Å²) in [4.78, 5) is 36.8. The summed E-state index contributed by atoms with van der Waals surface area (Å²) in [5.41, 5.74) is 2.92. The molecule has 2 N–H and O–H groups in total. The van der Waals surface area contributed by atoms with Gasteiger partial charge in [-0.05, 0) is 41.5 Å². The van der Waals surface area contributed by atoms with Gasteiger partial charge in [-0.3, -0.25) is 14.6 Å². The molecule has 1 aliphatic heterocycles. The van der Waals surface area contributed by atoms with Crippen LogP contribution in [0.1, 0.15) is 16.8 Å². The highest BCUT2D eigenvalue weighted by Gasteiger charge is 2.38. The molecule has 1 aliphatic rings. The number of aliphatic hydroxyl groups excluding tert-OH is 1. The summed E-state index contributed by atoms with van der Waals surface area (Å²) in [5, 5.41) is 16.9. The Morgan fingerprint density at radius 3 is 2.58 bits per heavy atom. The Labute approximate surface area is 209 Å². The van der Waals surface area contributed by atoms with E-state index in [-0.39, 0.29) is 37.9 Å². The van der Waals surface area contributed by atoms with E-state index in [0.29, 0.717) is 17.0 Å². The van der Waals surface area contributed by atoms with Gasteiger partial charge in [0.15, 0.2) is 0 Å². The largest absolute Gasteiger partial charge is 0.491 e. The van der Waals surface area contributed by atoms with Gasteiger partial charge in [-0.25, -0.2) is 0 Å². The molecule has 2 aromatic carbocycles. The number of nitrogens with one attached hydrogen (secondary N) is 1. The normalized spacial score (nSPS) is 17.0. The highest BCUT2D eigenvalue weighted by molar-refractivity contribution is 6.05.